The zero-order valence-corrected chi connectivity index (χ0v) is 15.4. The number of rotatable bonds is 4. The number of anilines is 3. The Balaban J connectivity index is 1.79. The molecule has 2 aromatic rings. The summed E-state index contributed by atoms with van der Waals surface area (Å²) in [6.45, 7) is 6.85. The molecule has 138 valence electrons. The standard InChI is InChI=1S/C19H22ClFN4O/c1-2-24-7-9-25(10-8-24)18-12-17(15(20)11-16(18)22)23-19(26)13-3-5-14(21)6-4-13/h3-6,11-12H,2,7-10,22H2,1H3,(H,23,26). The van der Waals surface area contributed by atoms with Gasteiger partial charge < -0.3 is 20.9 Å². The molecule has 1 aliphatic rings. The summed E-state index contributed by atoms with van der Waals surface area (Å²) in [5.74, 6) is -0.737. The molecule has 0 unspecified atom stereocenters. The molecule has 7 heteroatoms. The maximum absolute atomic E-state index is 13.0. The molecule has 0 aliphatic carbocycles. The fraction of sp³-hybridized carbons (Fsp3) is 0.316. The van der Waals surface area contributed by atoms with Gasteiger partial charge in [0.05, 0.1) is 22.1 Å². The number of carbonyl (C=O) groups is 1. The molecular weight excluding hydrogens is 355 g/mol. The van der Waals surface area contributed by atoms with Crippen LogP contribution in [0, 0.1) is 5.82 Å². The molecule has 0 radical (unpaired) electrons. The zero-order valence-electron chi connectivity index (χ0n) is 14.6. The fourth-order valence-electron chi connectivity index (χ4n) is 3.05. The third-order valence-electron chi connectivity index (χ3n) is 4.63. The number of halogens is 2. The second-order valence-electron chi connectivity index (χ2n) is 6.27. The lowest BCUT2D eigenvalue weighted by Gasteiger charge is -2.36. The summed E-state index contributed by atoms with van der Waals surface area (Å²) < 4.78 is 13.0. The smallest absolute Gasteiger partial charge is 0.255 e. The Bertz CT molecular complexity index is 789. The van der Waals surface area contributed by atoms with Crippen LogP contribution in [-0.2, 0) is 0 Å². The van der Waals surface area contributed by atoms with E-state index < -0.39 is 0 Å². The molecule has 1 saturated heterocycles. The molecule has 0 bridgehead atoms. The van der Waals surface area contributed by atoms with Crippen molar-refractivity contribution in [1.82, 2.24) is 4.90 Å². The molecule has 3 rings (SSSR count). The SMILES string of the molecule is CCN1CCN(c2cc(NC(=O)c3ccc(F)cc3)c(Cl)cc2N)CC1. The van der Waals surface area contributed by atoms with Crippen LogP contribution in [0.25, 0.3) is 0 Å². The van der Waals surface area contributed by atoms with E-state index in [1.165, 1.54) is 24.3 Å². The maximum atomic E-state index is 13.0. The van der Waals surface area contributed by atoms with Crippen molar-refractivity contribution in [1.29, 1.82) is 0 Å². The molecule has 2 aromatic carbocycles. The molecule has 0 atom stereocenters. The maximum Gasteiger partial charge on any atom is 0.255 e. The van der Waals surface area contributed by atoms with Gasteiger partial charge in [-0.1, -0.05) is 18.5 Å². The number of carbonyl (C=O) groups excluding carboxylic acids is 1. The molecule has 1 aliphatic heterocycles. The minimum atomic E-state index is -0.388. The minimum absolute atomic E-state index is 0.349. The topological polar surface area (TPSA) is 61.6 Å². The van der Waals surface area contributed by atoms with Gasteiger partial charge in [-0.15, -0.1) is 0 Å². The summed E-state index contributed by atoms with van der Waals surface area (Å²) in [4.78, 5) is 17.0. The molecule has 1 fully saturated rings. The Kier molecular flexibility index (Phi) is 5.64. The Morgan fingerprint density at radius 1 is 1.19 bits per heavy atom. The van der Waals surface area contributed by atoms with E-state index in [0.717, 1.165) is 38.4 Å². The molecule has 5 nitrogen and oxygen atoms in total. The third-order valence-corrected chi connectivity index (χ3v) is 4.94. The van der Waals surface area contributed by atoms with Gasteiger partial charge >= 0.3 is 0 Å². The predicted octanol–water partition coefficient (Wildman–Crippen LogP) is 3.46. The first kappa shape index (κ1) is 18.5. The van der Waals surface area contributed by atoms with Crippen LogP contribution in [0.4, 0.5) is 21.5 Å². The highest BCUT2D eigenvalue weighted by atomic mass is 35.5. The lowest BCUT2D eigenvalue weighted by molar-refractivity contribution is 0.102. The summed E-state index contributed by atoms with van der Waals surface area (Å²) in [6, 6.07) is 8.82. The zero-order chi connectivity index (χ0) is 18.7. The molecule has 0 spiro atoms. The fourth-order valence-corrected chi connectivity index (χ4v) is 3.27. The molecule has 1 amide bonds. The highest BCUT2D eigenvalue weighted by molar-refractivity contribution is 6.34. The van der Waals surface area contributed by atoms with E-state index in [1.807, 2.05) is 0 Å². The van der Waals surface area contributed by atoms with Crippen molar-refractivity contribution >= 4 is 34.6 Å². The molecule has 3 N–H and O–H groups in total. The van der Waals surface area contributed by atoms with Crippen LogP contribution < -0.4 is 16.0 Å². The second kappa shape index (κ2) is 7.93. The van der Waals surface area contributed by atoms with E-state index in [4.69, 9.17) is 17.3 Å². The van der Waals surface area contributed by atoms with Gasteiger partial charge in [0, 0.05) is 31.7 Å². The number of likely N-dealkylation sites (N-methyl/N-ethyl adjacent to an activating group) is 1. The van der Waals surface area contributed by atoms with Crippen LogP contribution in [-0.4, -0.2) is 43.5 Å². The summed E-state index contributed by atoms with van der Waals surface area (Å²) in [6.07, 6.45) is 0. The number of benzene rings is 2. The Hall–Kier alpha value is -2.31. The van der Waals surface area contributed by atoms with Gasteiger partial charge in [-0.05, 0) is 42.9 Å². The molecule has 26 heavy (non-hydrogen) atoms. The van der Waals surface area contributed by atoms with Crippen LogP contribution >= 0.6 is 11.6 Å². The van der Waals surface area contributed by atoms with E-state index in [9.17, 15) is 9.18 Å². The molecule has 1 heterocycles. The summed E-state index contributed by atoms with van der Waals surface area (Å²) >= 11 is 6.26. The first-order chi connectivity index (χ1) is 12.5. The van der Waals surface area contributed by atoms with Crippen LogP contribution in [0.2, 0.25) is 5.02 Å². The molecule has 0 saturated carbocycles. The number of piperazine rings is 1. The normalized spacial score (nSPS) is 15.1. The number of hydrogen-bond donors (Lipinski definition) is 2. The lowest BCUT2D eigenvalue weighted by atomic mass is 10.1. The average molecular weight is 377 g/mol. The first-order valence-corrected chi connectivity index (χ1v) is 8.99. The number of nitrogens with zero attached hydrogens (tertiary/aromatic N) is 2. The van der Waals surface area contributed by atoms with Crippen molar-refractivity contribution in [3.63, 3.8) is 0 Å². The summed E-state index contributed by atoms with van der Waals surface area (Å²) in [5.41, 5.74) is 8.44. The van der Waals surface area contributed by atoms with Crippen molar-refractivity contribution < 1.29 is 9.18 Å². The Labute approximate surface area is 157 Å². The Morgan fingerprint density at radius 3 is 2.46 bits per heavy atom. The quantitative estimate of drug-likeness (QED) is 0.802. The van der Waals surface area contributed by atoms with Crippen molar-refractivity contribution in [2.45, 2.75) is 6.92 Å². The van der Waals surface area contributed by atoms with E-state index in [2.05, 4.69) is 22.0 Å². The van der Waals surface area contributed by atoms with E-state index >= 15 is 0 Å². The number of nitrogens with two attached hydrogens (primary N) is 1. The van der Waals surface area contributed by atoms with Crippen LogP contribution in [0.1, 0.15) is 17.3 Å². The van der Waals surface area contributed by atoms with Gasteiger partial charge in [-0.3, -0.25) is 4.79 Å². The van der Waals surface area contributed by atoms with Gasteiger partial charge in [0.15, 0.2) is 0 Å². The van der Waals surface area contributed by atoms with E-state index in [0.29, 0.717) is 22.0 Å². The monoisotopic (exact) mass is 376 g/mol. The number of amides is 1. The van der Waals surface area contributed by atoms with Crippen molar-refractivity contribution in [2.75, 3.05) is 48.7 Å². The third kappa shape index (κ3) is 4.08. The molecule has 0 aromatic heterocycles. The van der Waals surface area contributed by atoms with Crippen LogP contribution in [0.3, 0.4) is 0 Å². The van der Waals surface area contributed by atoms with Crippen molar-refractivity contribution in [2.24, 2.45) is 0 Å². The van der Waals surface area contributed by atoms with Gasteiger partial charge in [-0.25, -0.2) is 4.39 Å². The van der Waals surface area contributed by atoms with Crippen LogP contribution in [0.5, 0.6) is 0 Å². The summed E-state index contributed by atoms with van der Waals surface area (Å²) in [5, 5.41) is 3.16. The predicted molar refractivity (Wildman–Crippen MR) is 105 cm³/mol. The highest BCUT2D eigenvalue weighted by Crippen LogP contribution is 2.34. The van der Waals surface area contributed by atoms with E-state index in [1.54, 1.807) is 12.1 Å². The minimum Gasteiger partial charge on any atom is -0.397 e. The number of nitrogens with one attached hydrogen (secondary N) is 1. The van der Waals surface area contributed by atoms with Crippen molar-refractivity contribution in [3.05, 3.63) is 52.8 Å². The highest BCUT2D eigenvalue weighted by Gasteiger charge is 2.19. The average Bonchev–Trinajstić information content (AvgIpc) is 2.64. The largest absolute Gasteiger partial charge is 0.397 e. The molecular formula is C19H22ClFN4O. The van der Waals surface area contributed by atoms with Gasteiger partial charge in [0.25, 0.3) is 5.91 Å². The number of hydrogen-bond acceptors (Lipinski definition) is 4. The number of nitrogen functional groups attached to an aromatic ring is 1. The van der Waals surface area contributed by atoms with Crippen LogP contribution in [0.15, 0.2) is 36.4 Å². The summed E-state index contributed by atoms with van der Waals surface area (Å²) in [7, 11) is 0. The van der Waals surface area contributed by atoms with Gasteiger partial charge in [0.2, 0.25) is 0 Å². The Morgan fingerprint density at radius 2 is 1.85 bits per heavy atom. The van der Waals surface area contributed by atoms with Gasteiger partial charge in [-0.2, -0.15) is 0 Å². The van der Waals surface area contributed by atoms with Crippen molar-refractivity contribution in [3.8, 4) is 0 Å². The second-order valence-corrected chi connectivity index (χ2v) is 6.68. The van der Waals surface area contributed by atoms with Gasteiger partial charge in [0.1, 0.15) is 5.82 Å². The van der Waals surface area contributed by atoms with E-state index in [-0.39, 0.29) is 11.7 Å². The first-order valence-electron chi connectivity index (χ1n) is 8.61. The lowest BCUT2D eigenvalue weighted by Crippen LogP contribution is -2.46.